The summed E-state index contributed by atoms with van der Waals surface area (Å²) in [5.74, 6) is 1.47. The van der Waals surface area contributed by atoms with Crippen LogP contribution >= 0.6 is 11.8 Å². The Hall–Kier alpha value is -0.180. The van der Waals surface area contributed by atoms with E-state index in [4.69, 9.17) is 0 Å². The van der Waals surface area contributed by atoms with Gasteiger partial charge in [0.05, 0.1) is 0 Å². The van der Waals surface area contributed by atoms with Crippen molar-refractivity contribution in [3.63, 3.8) is 0 Å². The number of nitrogens with zero attached hydrogens (tertiary/aromatic N) is 1. The van der Waals surface area contributed by atoms with Gasteiger partial charge in [-0.15, -0.1) is 0 Å². The number of amides is 1. The Balaban J connectivity index is 2.45. The minimum Gasteiger partial charge on any atom is -0.338 e. The van der Waals surface area contributed by atoms with Crippen LogP contribution in [0, 0.1) is 5.41 Å². The lowest BCUT2D eigenvalue weighted by Crippen LogP contribution is -2.50. The quantitative estimate of drug-likeness (QED) is 0.754. The van der Waals surface area contributed by atoms with E-state index in [-0.39, 0.29) is 5.54 Å². The number of likely N-dealkylation sites (tertiary alicyclic amines) is 1. The Kier molecular flexibility index (Phi) is 4.56. The fourth-order valence-electron chi connectivity index (χ4n) is 2.02. The van der Waals surface area contributed by atoms with Crippen LogP contribution in [0.25, 0.3) is 0 Å². The van der Waals surface area contributed by atoms with Crippen molar-refractivity contribution in [3.8, 4) is 0 Å². The summed E-state index contributed by atoms with van der Waals surface area (Å²) >= 11 is 1.97. The predicted molar refractivity (Wildman–Crippen MR) is 76.4 cm³/mol. The topological polar surface area (TPSA) is 20.3 Å². The van der Waals surface area contributed by atoms with Crippen LogP contribution in [0.5, 0.6) is 0 Å². The Bertz CT molecular complexity index is 275. The van der Waals surface area contributed by atoms with Crippen molar-refractivity contribution in [2.24, 2.45) is 5.41 Å². The number of hydrogen-bond acceptors (Lipinski definition) is 2. The van der Waals surface area contributed by atoms with Gasteiger partial charge < -0.3 is 4.90 Å². The number of carbonyl (C=O) groups excluding carboxylic acids is 1. The van der Waals surface area contributed by atoms with Crippen molar-refractivity contribution in [3.05, 3.63) is 0 Å². The van der Waals surface area contributed by atoms with Crippen molar-refractivity contribution >= 4 is 17.7 Å². The molecule has 0 N–H and O–H groups in total. The molecule has 0 spiro atoms. The molecule has 0 saturated carbocycles. The third-order valence-corrected chi connectivity index (χ3v) is 4.85. The molecule has 0 bridgehead atoms. The highest BCUT2D eigenvalue weighted by Crippen LogP contribution is 2.31. The van der Waals surface area contributed by atoms with Crippen LogP contribution in [-0.4, -0.2) is 33.9 Å². The molecule has 1 aliphatic heterocycles. The molecule has 1 rings (SSSR count). The van der Waals surface area contributed by atoms with E-state index >= 15 is 0 Å². The van der Waals surface area contributed by atoms with E-state index in [1.54, 1.807) is 0 Å². The molecule has 3 heteroatoms. The zero-order chi connectivity index (χ0) is 13.3. The first kappa shape index (κ1) is 14.9. The lowest BCUT2D eigenvalue weighted by molar-refractivity contribution is -0.138. The van der Waals surface area contributed by atoms with Crippen LogP contribution in [0.2, 0.25) is 0 Å². The summed E-state index contributed by atoms with van der Waals surface area (Å²) in [6.07, 6.45) is 1.86. The molecule has 1 aliphatic rings. The van der Waals surface area contributed by atoms with Gasteiger partial charge in [0.25, 0.3) is 0 Å². The summed E-state index contributed by atoms with van der Waals surface area (Å²) < 4.78 is 0. The zero-order valence-electron chi connectivity index (χ0n) is 12.2. The van der Waals surface area contributed by atoms with Crippen molar-refractivity contribution in [2.45, 2.75) is 65.2 Å². The second kappa shape index (κ2) is 5.21. The average Bonchev–Trinajstić information content (AvgIpc) is 2.11. The monoisotopic (exact) mass is 257 g/mol. The van der Waals surface area contributed by atoms with E-state index in [1.165, 1.54) is 0 Å². The van der Waals surface area contributed by atoms with Gasteiger partial charge in [0.1, 0.15) is 0 Å². The molecule has 1 unspecified atom stereocenters. The van der Waals surface area contributed by atoms with Gasteiger partial charge in [0.2, 0.25) is 5.91 Å². The molecule has 0 aromatic heterocycles. The predicted octanol–water partition coefficient (Wildman–Crippen LogP) is 3.56. The Morgan fingerprint density at radius 2 is 1.82 bits per heavy atom. The largest absolute Gasteiger partial charge is 0.338 e. The summed E-state index contributed by atoms with van der Waals surface area (Å²) in [6, 6.07) is 0. The van der Waals surface area contributed by atoms with Gasteiger partial charge in [-0.05, 0) is 38.4 Å². The first-order valence-electron chi connectivity index (χ1n) is 6.52. The zero-order valence-corrected chi connectivity index (χ0v) is 13.0. The molecule has 100 valence electrons. The molecule has 1 amide bonds. The summed E-state index contributed by atoms with van der Waals surface area (Å²) in [5, 5.41) is 0.528. The smallest absolute Gasteiger partial charge is 0.224 e. The molecule has 1 saturated heterocycles. The van der Waals surface area contributed by atoms with Crippen molar-refractivity contribution < 1.29 is 4.79 Å². The minimum absolute atomic E-state index is 0.0171. The second-order valence-corrected chi connectivity index (χ2v) is 8.49. The molecule has 0 aromatic rings. The molecule has 1 heterocycles. The molecule has 0 aromatic carbocycles. The Morgan fingerprint density at radius 3 is 2.24 bits per heavy atom. The fraction of sp³-hybridized carbons (Fsp3) is 0.929. The standard InChI is InChI=1S/C14H27NOS/c1-13(2,3)10-17-11-7-8-15(12(16)9-11)14(4,5)6/h11H,7-10H2,1-6H3. The first-order valence-corrected chi connectivity index (χ1v) is 7.56. The van der Waals surface area contributed by atoms with Gasteiger partial charge in [-0.25, -0.2) is 0 Å². The molecule has 1 fully saturated rings. The minimum atomic E-state index is -0.0171. The first-order chi connectivity index (χ1) is 7.59. The van der Waals surface area contributed by atoms with E-state index in [2.05, 4.69) is 41.5 Å². The SMILES string of the molecule is CC(C)(C)CSC1CCN(C(C)(C)C)C(=O)C1. The Labute approximate surface area is 111 Å². The van der Waals surface area contributed by atoms with Gasteiger partial charge in [0, 0.05) is 23.8 Å². The van der Waals surface area contributed by atoms with Gasteiger partial charge in [-0.3, -0.25) is 4.79 Å². The second-order valence-electron chi connectivity index (χ2n) is 7.20. The van der Waals surface area contributed by atoms with E-state index in [1.807, 2.05) is 16.7 Å². The average molecular weight is 257 g/mol. The highest BCUT2D eigenvalue weighted by Gasteiger charge is 2.33. The summed E-state index contributed by atoms with van der Waals surface area (Å²) in [6.45, 7) is 14.0. The van der Waals surface area contributed by atoms with E-state index in [0.717, 1.165) is 25.1 Å². The van der Waals surface area contributed by atoms with E-state index in [0.29, 0.717) is 16.6 Å². The van der Waals surface area contributed by atoms with Gasteiger partial charge >= 0.3 is 0 Å². The number of thioether (sulfide) groups is 1. The lowest BCUT2D eigenvalue weighted by Gasteiger charge is -2.41. The summed E-state index contributed by atoms with van der Waals surface area (Å²) in [4.78, 5) is 14.1. The number of hydrogen-bond donors (Lipinski definition) is 0. The van der Waals surface area contributed by atoms with E-state index < -0.39 is 0 Å². The lowest BCUT2D eigenvalue weighted by atomic mass is 10.00. The number of rotatable bonds is 2. The maximum atomic E-state index is 12.1. The molecule has 2 nitrogen and oxygen atoms in total. The highest BCUT2D eigenvalue weighted by atomic mass is 32.2. The van der Waals surface area contributed by atoms with Gasteiger partial charge in [-0.1, -0.05) is 20.8 Å². The fourth-order valence-corrected chi connectivity index (χ4v) is 3.29. The molecule has 1 atom stereocenters. The van der Waals surface area contributed by atoms with Gasteiger partial charge in [-0.2, -0.15) is 11.8 Å². The van der Waals surface area contributed by atoms with Crippen molar-refractivity contribution in [1.82, 2.24) is 4.90 Å². The van der Waals surface area contributed by atoms with Crippen molar-refractivity contribution in [2.75, 3.05) is 12.3 Å². The Morgan fingerprint density at radius 1 is 1.24 bits per heavy atom. The molecule has 0 radical (unpaired) electrons. The maximum Gasteiger partial charge on any atom is 0.224 e. The summed E-state index contributed by atoms with van der Waals surface area (Å²) in [5.41, 5.74) is 0.339. The van der Waals surface area contributed by atoms with Crippen LogP contribution in [0.3, 0.4) is 0 Å². The highest BCUT2D eigenvalue weighted by molar-refractivity contribution is 7.99. The maximum absolute atomic E-state index is 12.1. The summed E-state index contributed by atoms with van der Waals surface area (Å²) in [7, 11) is 0. The molecular formula is C14H27NOS. The van der Waals surface area contributed by atoms with Crippen LogP contribution in [-0.2, 0) is 4.79 Å². The third-order valence-electron chi connectivity index (χ3n) is 2.94. The number of carbonyl (C=O) groups is 1. The molecule has 17 heavy (non-hydrogen) atoms. The van der Waals surface area contributed by atoms with Crippen LogP contribution < -0.4 is 0 Å². The van der Waals surface area contributed by atoms with Crippen LogP contribution in [0.4, 0.5) is 0 Å². The normalized spacial score (nSPS) is 23.1. The number of piperidine rings is 1. The van der Waals surface area contributed by atoms with Crippen LogP contribution in [0.15, 0.2) is 0 Å². The van der Waals surface area contributed by atoms with E-state index in [9.17, 15) is 4.79 Å². The molecule has 0 aliphatic carbocycles. The van der Waals surface area contributed by atoms with Crippen molar-refractivity contribution in [1.29, 1.82) is 0 Å². The van der Waals surface area contributed by atoms with Crippen LogP contribution in [0.1, 0.15) is 54.4 Å². The van der Waals surface area contributed by atoms with Gasteiger partial charge in [0.15, 0.2) is 0 Å². The molecular weight excluding hydrogens is 230 g/mol. The third kappa shape index (κ3) is 4.90.